The van der Waals surface area contributed by atoms with Crippen molar-refractivity contribution in [3.05, 3.63) is 48.0 Å². The van der Waals surface area contributed by atoms with E-state index in [1.165, 1.54) is 0 Å². The Bertz CT molecular complexity index is 994. The topological polar surface area (TPSA) is 59.5 Å². The van der Waals surface area contributed by atoms with Crippen LogP contribution in [0.2, 0.25) is 0 Å². The number of hydrogen-bond donors (Lipinski definition) is 0. The van der Waals surface area contributed by atoms with Crippen LogP contribution in [0.25, 0.3) is 20.8 Å². The summed E-state index contributed by atoms with van der Waals surface area (Å²) in [5.41, 5.74) is 3.86. The Morgan fingerprint density at radius 2 is 2.11 bits per heavy atom. The predicted octanol–water partition coefficient (Wildman–Crippen LogP) is 4.19. The number of ether oxygens (including phenoxy) is 1. The number of carbonyl (C=O) groups excluding carboxylic acids is 2. The molecular weight excluding hydrogens is 360 g/mol. The van der Waals surface area contributed by atoms with Crippen molar-refractivity contribution in [1.82, 2.24) is 4.98 Å². The lowest BCUT2D eigenvalue weighted by Gasteiger charge is -2.19. The van der Waals surface area contributed by atoms with Gasteiger partial charge in [-0.15, -0.1) is 11.3 Å². The van der Waals surface area contributed by atoms with Gasteiger partial charge >= 0.3 is 5.97 Å². The van der Waals surface area contributed by atoms with E-state index >= 15 is 0 Å². The molecule has 0 N–H and O–H groups in total. The number of para-hydroxylation sites is 1. The molecule has 6 heteroatoms. The second-order valence-electron chi connectivity index (χ2n) is 6.65. The summed E-state index contributed by atoms with van der Waals surface area (Å²) in [5, 5.41) is 0.961. The highest BCUT2D eigenvalue weighted by Crippen LogP contribution is 2.34. The lowest BCUT2D eigenvalue weighted by atomic mass is 10.1. The van der Waals surface area contributed by atoms with Crippen molar-refractivity contribution < 1.29 is 14.3 Å². The van der Waals surface area contributed by atoms with Crippen LogP contribution in [-0.2, 0) is 14.3 Å². The van der Waals surface area contributed by atoms with Crippen LogP contribution in [0.4, 0.5) is 5.69 Å². The number of anilines is 1. The number of nitrogens with zero attached hydrogens (tertiary/aromatic N) is 2. The van der Waals surface area contributed by atoms with Crippen LogP contribution in [0.3, 0.4) is 0 Å². The molecule has 1 amide bonds. The number of aryl methyl sites for hydroxylation is 1. The molecule has 27 heavy (non-hydrogen) atoms. The molecule has 0 aliphatic carbocycles. The zero-order valence-corrected chi connectivity index (χ0v) is 16.1. The summed E-state index contributed by atoms with van der Waals surface area (Å²) < 4.78 is 6.22. The second kappa shape index (κ2) is 7.12. The van der Waals surface area contributed by atoms with Gasteiger partial charge in [-0.05, 0) is 49.7 Å². The van der Waals surface area contributed by atoms with Crippen LogP contribution in [-0.4, -0.2) is 30.0 Å². The van der Waals surface area contributed by atoms with Gasteiger partial charge in [0.05, 0.1) is 22.7 Å². The van der Waals surface area contributed by atoms with Gasteiger partial charge in [0.1, 0.15) is 5.01 Å². The van der Waals surface area contributed by atoms with Crippen LogP contribution in [0.1, 0.15) is 18.9 Å². The van der Waals surface area contributed by atoms with Crippen molar-refractivity contribution in [3.8, 4) is 10.6 Å². The molecule has 138 valence electrons. The lowest BCUT2D eigenvalue weighted by Crippen LogP contribution is -2.27. The smallest absolute Gasteiger partial charge is 0.311 e. The summed E-state index contributed by atoms with van der Waals surface area (Å²) in [5.74, 6) is -0.721. The summed E-state index contributed by atoms with van der Waals surface area (Å²) in [6.45, 7) is 4.47. The molecule has 5 nitrogen and oxygen atoms in total. The molecule has 1 fully saturated rings. The summed E-state index contributed by atoms with van der Waals surface area (Å²) >= 11 is 1.65. The van der Waals surface area contributed by atoms with E-state index < -0.39 is 0 Å². The molecule has 0 radical (unpaired) electrons. The van der Waals surface area contributed by atoms with E-state index in [0.29, 0.717) is 13.2 Å². The minimum atomic E-state index is -0.388. The maximum atomic E-state index is 12.4. The van der Waals surface area contributed by atoms with Crippen molar-refractivity contribution in [3.63, 3.8) is 0 Å². The first-order chi connectivity index (χ1) is 13.1. The Labute approximate surface area is 161 Å². The van der Waals surface area contributed by atoms with E-state index in [4.69, 9.17) is 9.72 Å². The first-order valence-electron chi connectivity index (χ1n) is 9.00. The molecular formula is C21H20N2O3S. The second-order valence-corrected chi connectivity index (χ2v) is 7.68. The number of benzene rings is 2. The number of fused-ring (bicyclic) bond motifs is 1. The number of rotatable bonds is 4. The molecule has 1 atom stereocenters. The maximum absolute atomic E-state index is 12.4. The molecule has 1 aromatic heterocycles. The third-order valence-corrected chi connectivity index (χ3v) is 5.86. The third-order valence-electron chi connectivity index (χ3n) is 4.77. The SMILES string of the molecule is CCOC(=O)[C@@H]1CC(=O)N(c2ccc(-c3nc4ccccc4s3)cc2C)C1. The van der Waals surface area contributed by atoms with E-state index in [9.17, 15) is 9.59 Å². The van der Waals surface area contributed by atoms with E-state index in [1.54, 1.807) is 23.2 Å². The van der Waals surface area contributed by atoms with E-state index in [-0.39, 0.29) is 24.2 Å². The number of carbonyl (C=O) groups is 2. The molecule has 4 rings (SSSR count). The Kier molecular flexibility index (Phi) is 4.66. The van der Waals surface area contributed by atoms with Gasteiger partial charge in [0, 0.05) is 24.2 Å². The van der Waals surface area contributed by atoms with Crippen LogP contribution < -0.4 is 4.90 Å². The van der Waals surface area contributed by atoms with Gasteiger partial charge in [0.15, 0.2) is 0 Å². The molecule has 0 bridgehead atoms. The van der Waals surface area contributed by atoms with Gasteiger partial charge in [-0.3, -0.25) is 9.59 Å². The first-order valence-corrected chi connectivity index (χ1v) is 9.82. The maximum Gasteiger partial charge on any atom is 0.311 e. The van der Waals surface area contributed by atoms with Crippen LogP contribution in [0.5, 0.6) is 0 Å². The van der Waals surface area contributed by atoms with Crippen molar-refractivity contribution in [2.45, 2.75) is 20.3 Å². The highest BCUT2D eigenvalue weighted by atomic mass is 32.1. The molecule has 1 aliphatic rings. The normalized spacial score (nSPS) is 16.9. The third kappa shape index (κ3) is 3.32. The van der Waals surface area contributed by atoms with Crippen LogP contribution >= 0.6 is 11.3 Å². The largest absolute Gasteiger partial charge is 0.466 e. The monoisotopic (exact) mass is 380 g/mol. The summed E-state index contributed by atoms with van der Waals surface area (Å²) in [4.78, 5) is 30.8. The average Bonchev–Trinajstić information content (AvgIpc) is 3.25. The minimum Gasteiger partial charge on any atom is -0.466 e. The Morgan fingerprint density at radius 1 is 1.30 bits per heavy atom. The van der Waals surface area contributed by atoms with Crippen molar-refractivity contribution >= 4 is 39.1 Å². The molecule has 2 heterocycles. The molecule has 1 aliphatic heterocycles. The standard InChI is InChI=1S/C21H20N2O3S/c1-3-26-21(25)15-11-19(24)23(12-15)17-9-8-14(10-13(17)2)20-22-16-6-4-5-7-18(16)27-20/h4-10,15H,3,11-12H2,1-2H3/t15-/m1/s1. The van der Waals surface area contributed by atoms with Gasteiger partial charge in [-0.25, -0.2) is 4.98 Å². The Morgan fingerprint density at radius 3 is 2.85 bits per heavy atom. The van der Waals surface area contributed by atoms with Gasteiger partial charge in [0.2, 0.25) is 5.91 Å². The van der Waals surface area contributed by atoms with Crippen molar-refractivity contribution in [1.29, 1.82) is 0 Å². The van der Waals surface area contributed by atoms with Crippen LogP contribution in [0.15, 0.2) is 42.5 Å². The van der Waals surface area contributed by atoms with Gasteiger partial charge < -0.3 is 9.64 Å². The molecule has 3 aromatic rings. The zero-order valence-electron chi connectivity index (χ0n) is 15.3. The Hall–Kier alpha value is -2.73. The van der Waals surface area contributed by atoms with Gasteiger partial charge in [-0.2, -0.15) is 0 Å². The van der Waals surface area contributed by atoms with E-state index in [1.807, 2.05) is 37.3 Å². The number of thiazole rings is 1. The fourth-order valence-electron chi connectivity index (χ4n) is 3.45. The van der Waals surface area contributed by atoms with Crippen LogP contribution in [0, 0.1) is 12.8 Å². The number of amides is 1. The predicted molar refractivity (Wildman–Crippen MR) is 107 cm³/mol. The minimum absolute atomic E-state index is 0.0381. The highest BCUT2D eigenvalue weighted by Gasteiger charge is 2.36. The van der Waals surface area contributed by atoms with Crippen molar-refractivity contribution in [2.24, 2.45) is 5.92 Å². The molecule has 1 saturated heterocycles. The zero-order chi connectivity index (χ0) is 19.0. The average molecular weight is 380 g/mol. The first kappa shape index (κ1) is 17.7. The fraction of sp³-hybridized carbons (Fsp3) is 0.286. The number of esters is 1. The molecule has 2 aromatic carbocycles. The van der Waals surface area contributed by atoms with Gasteiger partial charge in [0.25, 0.3) is 0 Å². The summed E-state index contributed by atoms with van der Waals surface area (Å²) in [7, 11) is 0. The lowest BCUT2D eigenvalue weighted by molar-refractivity contribution is -0.147. The number of hydrogen-bond acceptors (Lipinski definition) is 5. The van der Waals surface area contributed by atoms with E-state index in [0.717, 1.165) is 32.0 Å². The molecule has 0 saturated carbocycles. The summed E-state index contributed by atoms with van der Waals surface area (Å²) in [6, 6.07) is 14.1. The quantitative estimate of drug-likeness (QED) is 0.637. The van der Waals surface area contributed by atoms with Gasteiger partial charge in [-0.1, -0.05) is 12.1 Å². The highest BCUT2D eigenvalue weighted by molar-refractivity contribution is 7.21. The Balaban J connectivity index is 1.60. The molecule has 0 spiro atoms. The fourth-order valence-corrected chi connectivity index (χ4v) is 4.41. The van der Waals surface area contributed by atoms with E-state index in [2.05, 4.69) is 12.1 Å². The molecule has 0 unspecified atom stereocenters. The summed E-state index contributed by atoms with van der Waals surface area (Å²) in [6.07, 6.45) is 0.206. The number of aromatic nitrogens is 1. The van der Waals surface area contributed by atoms with Crippen molar-refractivity contribution in [2.75, 3.05) is 18.1 Å².